The van der Waals surface area contributed by atoms with E-state index in [0.29, 0.717) is 25.9 Å². The highest BCUT2D eigenvalue weighted by Crippen LogP contribution is 2.25. The number of piperazine rings is 1. The van der Waals surface area contributed by atoms with E-state index in [1.165, 1.54) is 0 Å². The molecule has 2 heterocycles. The molecule has 1 amide bonds. The van der Waals surface area contributed by atoms with E-state index < -0.39 is 5.60 Å². The Labute approximate surface area is 151 Å². The fourth-order valence-corrected chi connectivity index (χ4v) is 3.67. The van der Waals surface area contributed by atoms with Crippen molar-refractivity contribution in [3.05, 3.63) is 17.6 Å². The summed E-state index contributed by atoms with van der Waals surface area (Å²) >= 11 is 0. The lowest BCUT2D eigenvalue weighted by atomic mass is 9.88. The summed E-state index contributed by atoms with van der Waals surface area (Å²) < 4.78 is 0. The first-order valence-electron chi connectivity index (χ1n) is 9.44. The van der Waals surface area contributed by atoms with E-state index in [1.54, 1.807) is 0 Å². The summed E-state index contributed by atoms with van der Waals surface area (Å²) in [4.78, 5) is 25.5. The van der Waals surface area contributed by atoms with Crippen LogP contribution in [0.1, 0.15) is 57.5 Å². The second-order valence-corrected chi connectivity index (χ2v) is 7.18. The van der Waals surface area contributed by atoms with Crippen molar-refractivity contribution < 1.29 is 9.90 Å². The number of hydrogen-bond acceptors (Lipinski definition) is 5. The fourth-order valence-electron chi connectivity index (χ4n) is 3.67. The van der Waals surface area contributed by atoms with Gasteiger partial charge in [-0.3, -0.25) is 4.79 Å². The minimum absolute atomic E-state index is 0.0686. The monoisotopic (exact) mass is 348 g/mol. The van der Waals surface area contributed by atoms with Gasteiger partial charge in [-0.05, 0) is 26.7 Å². The number of aryl methyl sites for hydroxylation is 2. The maximum atomic E-state index is 12.6. The smallest absolute Gasteiger partial charge is 0.225 e. The number of carbonyl (C=O) groups is 1. The summed E-state index contributed by atoms with van der Waals surface area (Å²) in [5.74, 6) is 1.78. The summed E-state index contributed by atoms with van der Waals surface area (Å²) in [6.45, 7) is 10.9. The van der Waals surface area contributed by atoms with Crippen LogP contribution in [0, 0.1) is 13.8 Å². The molecule has 0 bridgehead atoms. The topological polar surface area (TPSA) is 69.6 Å². The zero-order valence-corrected chi connectivity index (χ0v) is 16.1. The SMILES string of the molecule is CCCC(O)(CCC)CC(=O)N1CCN(c2cc(C)nc(C)n2)CC1. The van der Waals surface area contributed by atoms with Gasteiger partial charge in [-0.25, -0.2) is 9.97 Å². The van der Waals surface area contributed by atoms with E-state index in [-0.39, 0.29) is 12.3 Å². The van der Waals surface area contributed by atoms with Gasteiger partial charge in [-0.2, -0.15) is 0 Å². The molecule has 6 nitrogen and oxygen atoms in total. The average Bonchev–Trinajstić information content (AvgIpc) is 2.54. The number of rotatable bonds is 7. The molecule has 25 heavy (non-hydrogen) atoms. The highest BCUT2D eigenvalue weighted by molar-refractivity contribution is 5.77. The van der Waals surface area contributed by atoms with E-state index in [9.17, 15) is 9.90 Å². The molecule has 1 saturated heterocycles. The number of amides is 1. The first kappa shape index (κ1) is 19.6. The zero-order chi connectivity index (χ0) is 18.4. The molecule has 1 fully saturated rings. The Morgan fingerprint density at radius 3 is 2.24 bits per heavy atom. The van der Waals surface area contributed by atoms with Gasteiger partial charge in [0, 0.05) is 37.9 Å². The highest BCUT2D eigenvalue weighted by Gasteiger charge is 2.31. The van der Waals surface area contributed by atoms with Crippen molar-refractivity contribution in [3.63, 3.8) is 0 Å². The van der Waals surface area contributed by atoms with Crippen LogP contribution in [0.3, 0.4) is 0 Å². The standard InChI is InChI=1S/C19H32N4O2/c1-5-7-19(25,8-6-2)14-18(24)23-11-9-22(10-12-23)17-13-15(3)20-16(4)21-17/h13,25H,5-12,14H2,1-4H3. The van der Waals surface area contributed by atoms with Gasteiger partial charge in [0.15, 0.2) is 0 Å². The normalized spacial score (nSPS) is 15.6. The summed E-state index contributed by atoms with van der Waals surface area (Å²) in [6.07, 6.45) is 3.40. The van der Waals surface area contributed by atoms with Gasteiger partial charge in [0.1, 0.15) is 11.6 Å². The lowest BCUT2D eigenvalue weighted by molar-refractivity contribution is -0.137. The van der Waals surface area contributed by atoms with Gasteiger partial charge in [-0.15, -0.1) is 0 Å². The Hall–Kier alpha value is -1.69. The van der Waals surface area contributed by atoms with Gasteiger partial charge in [0.2, 0.25) is 5.91 Å². The van der Waals surface area contributed by atoms with Crippen LogP contribution in [0.2, 0.25) is 0 Å². The Morgan fingerprint density at radius 2 is 1.72 bits per heavy atom. The van der Waals surface area contributed by atoms with E-state index in [2.05, 4.69) is 28.7 Å². The molecule has 1 aromatic rings. The van der Waals surface area contributed by atoms with E-state index in [1.807, 2.05) is 24.8 Å². The quantitative estimate of drug-likeness (QED) is 0.820. The molecule has 6 heteroatoms. The third-order valence-corrected chi connectivity index (χ3v) is 4.82. The van der Waals surface area contributed by atoms with Crippen molar-refractivity contribution in [3.8, 4) is 0 Å². The van der Waals surface area contributed by atoms with Crippen LogP contribution in [0.5, 0.6) is 0 Å². The van der Waals surface area contributed by atoms with E-state index >= 15 is 0 Å². The van der Waals surface area contributed by atoms with Crippen molar-refractivity contribution in [2.24, 2.45) is 0 Å². The molecule has 1 aliphatic rings. The summed E-state index contributed by atoms with van der Waals surface area (Å²) in [6, 6.07) is 1.99. The van der Waals surface area contributed by atoms with Crippen molar-refractivity contribution in [2.45, 2.75) is 65.4 Å². The molecule has 2 rings (SSSR count). The van der Waals surface area contributed by atoms with Crippen molar-refractivity contribution >= 4 is 11.7 Å². The highest BCUT2D eigenvalue weighted by atomic mass is 16.3. The molecule has 1 aliphatic heterocycles. The van der Waals surface area contributed by atoms with Crippen molar-refractivity contribution in [2.75, 3.05) is 31.1 Å². The fraction of sp³-hybridized carbons (Fsp3) is 0.737. The first-order chi connectivity index (χ1) is 11.9. The molecule has 140 valence electrons. The Kier molecular flexibility index (Phi) is 6.76. The molecule has 0 saturated carbocycles. The Bertz CT molecular complexity index is 557. The second kappa shape index (κ2) is 8.61. The number of aliphatic hydroxyl groups is 1. The first-order valence-corrected chi connectivity index (χ1v) is 9.44. The molecule has 0 spiro atoms. The van der Waals surface area contributed by atoms with Crippen LogP contribution in [0.4, 0.5) is 5.82 Å². The van der Waals surface area contributed by atoms with E-state index in [4.69, 9.17) is 0 Å². The molecule has 0 aliphatic carbocycles. The second-order valence-electron chi connectivity index (χ2n) is 7.18. The number of hydrogen-bond donors (Lipinski definition) is 1. The summed E-state index contributed by atoms with van der Waals surface area (Å²) in [7, 11) is 0. The van der Waals surface area contributed by atoms with Gasteiger partial charge in [-0.1, -0.05) is 26.7 Å². The minimum atomic E-state index is -0.849. The number of carbonyl (C=O) groups excluding carboxylic acids is 1. The van der Waals surface area contributed by atoms with Crippen LogP contribution in [0.15, 0.2) is 6.07 Å². The molecule has 1 aromatic heterocycles. The largest absolute Gasteiger partial charge is 0.389 e. The van der Waals surface area contributed by atoms with Crippen LogP contribution in [-0.4, -0.2) is 57.7 Å². The number of nitrogens with zero attached hydrogens (tertiary/aromatic N) is 4. The maximum Gasteiger partial charge on any atom is 0.225 e. The van der Waals surface area contributed by atoms with Crippen LogP contribution in [0.25, 0.3) is 0 Å². The molecule has 1 N–H and O–H groups in total. The minimum Gasteiger partial charge on any atom is -0.389 e. The molecule has 0 aromatic carbocycles. The predicted molar refractivity (Wildman–Crippen MR) is 99.7 cm³/mol. The van der Waals surface area contributed by atoms with Crippen molar-refractivity contribution in [1.29, 1.82) is 0 Å². The molecular formula is C19H32N4O2. The van der Waals surface area contributed by atoms with Crippen molar-refractivity contribution in [1.82, 2.24) is 14.9 Å². The Balaban J connectivity index is 1.93. The van der Waals surface area contributed by atoms with Gasteiger partial charge in [0.25, 0.3) is 0 Å². The summed E-state index contributed by atoms with van der Waals surface area (Å²) in [5.41, 5.74) is 0.115. The third-order valence-electron chi connectivity index (χ3n) is 4.82. The lowest BCUT2D eigenvalue weighted by Crippen LogP contribution is -2.50. The van der Waals surface area contributed by atoms with Gasteiger partial charge in [0.05, 0.1) is 12.0 Å². The van der Waals surface area contributed by atoms with Crippen LogP contribution < -0.4 is 4.90 Å². The molecule has 0 unspecified atom stereocenters. The number of aromatic nitrogens is 2. The zero-order valence-electron chi connectivity index (χ0n) is 16.1. The predicted octanol–water partition coefficient (Wildman–Crippen LogP) is 2.46. The van der Waals surface area contributed by atoms with Crippen LogP contribution >= 0.6 is 0 Å². The average molecular weight is 348 g/mol. The third kappa shape index (κ3) is 5.39. The van der Waals surface area contributed by atoms with Gasteiger partial charge >= 0.3 is 0 Å². The molecular weight excluding hydrogens is 316 g/mol. The van der Waals surface area contributed by atoms with E-state index in [0.717, 1.165) is 43.3 Å². The maximum absolute atomic E-state index is 12.6. The lowest BCUT2D eigenvalue weighted by Gasteiger charge is -2.37. The Morgan fingerprint density at radius 1 is 1.12 bits per heavy atom. The van der Waals surface area contributed by atoms with Gasteiger partial charge < -0.3 is 14.9 Å². The molecule has 0 atom stereocenters. The number of anilines is 1. The molecule has 0 radical (unpaired) electrons. The van der Waals surface area contributed by atoms with Crippen LogP contribution in [-0.2, 0) is 4.79 Å². The summed E-state index contributed by atoms with van der Waals surface area (Å²) in [5, 5.41) is 10.7.